The molecule has 6 nitrogen and oxygen atoms in total. The fraction of sp³-hybridized carbons (Fsp3) is 0.0222. The molecule has 0 bridgehead atoms. The fourth-order valence-corrected chi connectivity index (χ4v) is 14.1. The van der Waals surface area contributed by atoms with Crippen LogP contribution in [0.15, 0.2) is 376 Å². The van der Waals surface area contributed by atoms with Crippen LogP contribution in [0.25, 0.3) is 66.6 Å². The SMILES string of the molecule is Cc1c(-c2ccccc2)c2cc(-c3ccc4c(c3)c(-c3ccccc3)c(C)n4-c3ccc(N(c4ccccc4)c4ccc(N(c5ccccc5)c5ccccc5)cc4)cc3)ccc2n1-c1ccc(N(c2ccccc2)c2ccc(N(c3ccccc3)c3ccccc3)cc2)cc1. The molecule has 0 fully saturated rings. The van der Waals surface area contributed by atoms with Crippen LogP contribution in [-0.2, 0) is 0 Å². The van der Waals surface area contributed by atoms with E-state index in [1.807, 2.05) is 0 Å². The summed E-state index contributed by atoms with van der Waals surface area (Å²) in [5.74, 6) is 0. The van der Waals surface area contributed by atoms with Gasteiger partial charge in [-0.05, 0) is 230 Å². The van der Waals surface area contributed by atoms with Gasteiger partial charge in [-0.3, -0.25) is 0 Å². The maximum Gasteiger partial charge on any atom is 0.0538 e. The van der Waals surface area contributed by atoms with E-state index in [2.05, 4.69) is 419 Å². The lowest BCUT2D eigenvalue weighted by molar-refractivity contribution is 1.05. The molecule has 458 valence electrons. The predicted octanol–water partition coefficient (Wildman–Crippen LogP) is 25.1. The van der Waals surface area contributed by atoms with Gasteiger partial charge < -0.3 is 28.7 Å². The molecule has 14 aromatic carbocycles. The summed E-state index contributed by atoms with van der Waals surface area (Å²) < 4.78 is 4.86. The quantitative estimate of drug-likeness (QED) is 0.0906. The number of benzene rings is 14. The summed E-state index contributed by atoms with van der Waals surface area (Å²) in [4.78, 5) is 9.28. The van der Waals surface area contributed by atoms with Crippen LogP contribution in [0.2, 0.25) is 0 Å². The second-order valence-corrected chi connectivity index (χ2v) is 24.2. The Morgan fingerprint density at radius 3 is 0.615 bits per heavy atom. The molecule has 0 aliphatic rings. The van der Waals surface area contributed by atoms with Crippen molar-refractivity contribution in [1.82, 2.24) is 9.13 Å². The normalized spacial score (nSPS) is 11.2. The largest absolute Gasteiger partial charge is 0.313 e. The Kier molecular flexibility index (Phi) is 15.7. The van der Waals surface area contributed by atoms with Gasteiger partial charge in [0, 0.05) is 113 Å². The average Bonchev–Trinajstić information content (AvgIpc) is 1.58. The molecular formula is C90H68N6. The Balaban J connectivity index is 0.746. The molecule has 0 aliphatic heterocycles. The van der Waals surface area contributed by atoms with E-state index >= 15 is 0 Å². The third-order valence-corrected chi connectivity index (χ3v) is 18.4. The Morgan fingerprint density at radius 1 is 0.188 bits per heavy atom. The van der Waals surface area contributed by atoms with E-state index in [0.29, 0.717) is 0 Å². The Bertz CT molecular complexity index is 4880. The van der Waals surface area contributed by atoms with Gasteiger partial charge in [-0.2, -0.15) is 0 Å². The first-order chi connectivity index (χ1) is 47.5. The van der Waals surface area contributed by atoms with Crippen molar-refractivity contribution >= 4 is 90.1 Å². The van der Waals surface area contributed by atoms with Gasteiger partial charge in [-0.25, -0.2) is 0 Å². The second kappa shape index (κ2) is 25.8. The van der Waals surface area contributed by atoms with Crippen molar-refractivity contribution in [3.05, 3.63) is 388 Å². The Labute approximate surface area is 561 Å². The highest BCUT2D eigenvalue weighted by Crippen LogP contribution is 2.46. The molecule has 0 aliphatic carbocycles. The third kappa shape index (κ3) is 11.1. The summed E-state index contributed by atoms with van der Waals surface area (Å²) in [6.07, 6.45) is 0. The Hall–Kier alpha value is -12.6. The van der Waals surface area contributed by atoms with Crippen LogP contribution in [0.3, 0.4) is 0 Å². The zero-order valence-corrected chi connectivity index (χ0v) is 53.5. The summed E-state index contributed by atoms with van der Waals surface area (Å²) in [7, 11) is 0. The molecule has 0 unspecified atom stereocenters. The summed E-state index contributed by atoms with van der Waals surface area (Å²) in [5, 5.41) is 2.40. The van der Waals surface area contributed by atoms with Gasteiger partial charge in [0.05, 0.1) is 11.0 Å². The van der Waals surface area contributed by atoms with Crippen LogP contribution in [0.4, 0.5) is 68.2 Å². The van der Waals surface area contributed by atoms with Gasteiger partial charge in [-0.1, -0.05) is 182 Å². The first kappa shape index (κ1) is 58.4. The lowest BCUT2D eigenvalue weighted by Gasteiger charge is -2.28. The molecule has 0 saturated heterocycles. The highest BCUT2D eigenvalue weighted by Gasteiger charge is 2.24. The lowest BCUT2D eigenvalue weighted by Crippen LogP contribution is -2.12. The van der Waals surface area contributed by atoms with Crippen molar-refractivity contribution in [3.63, 3.8) is 0 Å². The van der Waals surface area contributed by atoms with Crippen LogP contribution in [-0.4, -0.2) is 9.13 Å². The van der Waals surface area contributed by atoms with E-state index in [1.165, 1.54) is 44.4 Å². The van der Waals surface area contributed by atoms with Gasteiger partial charge in [0.2, 0.25) is 0 Å². The van der Waals surface area contributed by atoms with E-state index in [0.717, 1.165) is 102 Å². The number of anilines is 12. The number of nitrogens with zero attached hydrogens (tertiary/aromatic N) is 6. The smallest absolute Gasteiger partial charge is 0.0538 e. The molecule has 0 radical (unpaired) electrons. The van der Waals surface area contributed by atoms with Crippen molar-refractivity contribution in [2.24, 2.45) is 0 Å². The first-order valence-electron chi connectivity index (χ1n) is 32.8. The summed E-state index contributed by atoms with van der Waals surface area (Å²) >= 11 is 0. The molecule has 0 spiro atoms. The standard InChI is InChI=1S/C90H68N6/c1-65-89(67-27-11-3-12-28-67)85-63-69(43-61-87(85)91(65)77-45-49-81(50-46-77)95(75-39-23-9-24-40-75)83-57-53-79(54-58-83)93(71-31-15-5-16-32-71)72-33-17-6-18-34-72)70-44-62-88-86(64-70)90(68-29-13-4-14-30-68)66(2)92(88)78-47-51-82(52-48-78)96(76-41-25-10-26-42-76)84-59-55-80(56-60-84)94(73-35-19-7-20-36-73)74-37-21-8-22-38-74/h3-64H,1-2H3. The van der Waals surface area contributed by atoms with Gasteiger partial charge >= 0.3 is 0 Å². The van der Waals surface area contributed by atoms with E-state index in [-0.39, 0.29) is 0 Å². The molecule has 16 aromatic rings. The van der Waals surface area contributed by atoms with E-state index in [1.54, 1.807) is 0 Å². The first-order valence-corrected chi connectivity index (χ1v) is 32.8. The molecule has 0 N–H and O–H groups in total. The van der Waals surface area contributed by atoms with Gasteiger partial charge in [0.15, 0.2) is 0 Å². The van der Waals surface area contributed by atoms with Gasteiger partial charge in [-0.15, -0.1) is 0 Å². The van der Waals surface area contributed by atoms with Crippen LogP contribution >= 0.6 is 0 Å². The van der Waals surface area contributed by atoms with Crippen LogP contribution < -0.4 is 19.6 Å². The lowest BCUT2D eigenvalue weighted by atomic mass is 9.96. The van der Waals surface area contributed by atoms with Crippen molar-refractivity contribution in [1.29, 1.82) is 0 Å². The van der Waals surface area contributed by atoms with Crippen molar-refractivity contribution in [3.8, 4) is 44.8 Å². The number of aromatic nitrogens is 2. The maximum atomic E-state index is 2.43. The Morgan fingerprint density at radius 2 is 0.385 bits per heavy atom. The van der Waals surface area contributed by atoms with E-state index in [4.69, 9.17) is 0 Å². The monoisotopic (exact) mass is 1230 g/mol. The molecule has 2 aromatic heterocycles. The van der Waals surface area contributed by atoms with Crippen molar-refractivity contribution in [2.75, 3.05) is 19.6 Å². The molecular weight excluding hydrogens is 1170 g/mol. The number of hydrogen-bond acceptors (Lipinski definition) is 4. The van der Waals surface area contributed by atoms with Crippen molar-refractivity contribution < 1.29 is 0 Å². The number of hydrogen-bond donors (Lipinski definition) is 0. The van der Waals surface area contributed by atoms with Crippen LogP contribution in [0.1, 0.15) is 11.4 Å². The highest BCUT2D eigenvalue weighted by molar-refractivity contribution is 6.04. The molecule has 0 saturated carbocycles. The predicted molar refractivity (Wildman–Crippen MR) is 405 cm³/mol. The number of fused-ring (bicyclic) bond motifs is 2. The average molecular weight is 1230 g/mol. The van der Waals surface area contributed by atoms with Gasteiger partial charge in [0.1, 0.15) is 0 Å². The number of rotatable bonds is 17. The highest BCUT2D eigenvalue weighted by atomic mass is 15.2. The van der Waals surface area contributed by atoms with E-state index in [9.17, 15) is 0 Å². The number of para-hydroxylation sites is 6. The summed E-state index contributed by atoms with van der Waals surface area (Å²) in [5.41, 5.74) is 27.0. The third-order valence-electron chi connectivity index (χ3n) is 18.4. The molecule has 2 heterocycles. The minimum absolute atomic E-state index is 1.06. The molecule has 0 atom stereocenters. The fourth-order valence-electron chi connectivity index (χ4n) is 14.1. The van der Waals surface area contributed by atoms with E-state index < -0.39 is 0 Å². The zero-order chi connectivity index (χ0) is 64.3. The topological polar surface area (TPSA) is 22.8 Å². The molecule has 96 heavy (non-hydrogen) atoms. The zero-order valence-electron chi connectivity index (χ0n) is 53.5. The van der Waals surface area contributed by atoms with Crippen LogP contribution in [0.5, 0.6) is 0 Å². The maximum absolute atomic E-state index is 2.43. The van der Waals surface area contributed by atoms with Gasteiger partial charge in [0.25, 0.3) is 0 Å². The minimum atomic E-state index is 1.06. The van der Waals surface area contributed by atoms with Crippen LogP contribution in [0, 0.1) is 13.8 Å². The minimum Gasteiger partial charge on any atom is -0.313 e. The van der Waals surface area contributed by atoms with Crippen molar-refractivity contribution in [2.45, 2.75) is 13.8 Å². The molecule has 16 rings (SSSR count). The molecule has 0 amide bonds. The summed E-state index contributed by atoms with van der Waals surface area (Å²) in [6, 6.07) is 135. The summed E-state index contributed by atoms with van der Waals surface area (Å²) in [6.45, 7) is 4.53. The second-order valence-electron chi connectivity index (χ2n) is 24.2. The molecule has 6 heteroatoms.